The summed E-state index contributed by atoms with van der Waals surface area (Å²) >= 11 is 0. The molecule has 0 amide bonds. The van der Waals surface area contributed by atoms with Crippen molar-refractivity contribution in [3.63, 3.8) is 0 Å². The van der Waals surface area contributed by atoms with E-state index >= 15 is 0 Å². The summed E-state index contributed by atoms with van der Waals surface area (Å²) in [6.07, 6.45) is -0.110. The molecule has 3 aromatic rings. The first-order valence-corrected chi connectivity index (χ1v) is 7.23. The zero-order chi connectivity index (χ0) is 15.0. The zero-order valence-corrected chi connectivity index (χ0v) is 12.9. The third-order valence-electron chi connectivity index (χ3n) is 3.83. The van der Waals surface area contributed by atoms with Crippen LogP contribution in [0.1, 0.15) is 35.5 Å². The van der Waals surface area contributed by atoms with Gasteiger partial charge in [-0.2, -0.15) is 0 Å². The van der Waals surface area contributed by atoms with Gasteiger partial charge in [-0.05, 0) is 63.1 Å². The Morgan fingerprint density at radius 3 is 2.38 bits per heavy atom. The lowest BCUT2D eigenvalue weighted by atomic mass is 10.1. The van der Waals surface area contributed by atoms with Crippen LogP contribution >= 0.6 is 0 Å². The molecule has 0 bridgehead atoms. The standard InChI is InChI=1S/C18H20N2O/c1-11-5-7-15(8-6-11)21-14(4)18-19-16-9-12(2)13(3)10-17(16)20-18/h5-10,14H,1-4H3,(H,19,20)/t14-/m0/s1. The molecule has 0 saturated carbocycles. The van der Waals surface area contributed by atoms with Crippen LogP contribution in [-0.2, 0) is 0 Å². The van der Waals surface area contributed by atoms with E-state index in [1.165, 1.54) is 16.7 Å². The summed E-state index contributed by atoms with van der Waals surface area (Å²) in [6, 6.07) is 12.3. The van der Waals surface area contributed by atoms with Crippen molar-refractivity contribution >= 4 is 11.0 Å². The number of benzene rings is 2. The Morgan fingerprint density at radius 2 is 1.67 bits per heavy atom. The number of aromatic nitrogens is 2. The van der Waals surface area contributed by atoms with Crippen LogP contribution in [0.25, 0.3) is 11.0 Å². The molecule has 3 rings (SSSR count). The topological polar surface area (TPSA) is 37.9 Å². The van der Waals surface area contributed by atoms with Gasteiger partial charge in [0.1, 0.15) is 11.6 Å². The van der Waals surface area contributed by atoms with E-state index in [1.807, 2.05) is 31.2 Å². The summed E-state index contributed by atoms with van der Waals surface area (Å²) in [4.78, 5) is 8.01. The number of rotatable bonds is 3. The molecule has 0 fully saturated rings. The van der Waals surface area contributed by atoms with E-state index in [1.54, 1.807) is 0 Å². The number of aryl methyl sites for hydroxylation is 3. The Kier molecular flexibility index (Phi) is 3.42. The van der Waals surface area contributed by atoms with Gasteiger partial charge in [0.05, 0.1) is 11.0 Å². The van der Waals surface area contributed by atoms with E-state index in [2.05, 4.69) is 42.9 Å². The molecule has 0 saturated heterocycles. The fourth-order valence-corrected chi connectivity index (χ4v) is 2.36. The number of nitrogens with one attached hydrogen (secondary N) is 1. The van der Waals surface area contributed by atoms with Crippen molar-refractivity contribution in [1.29, 1.82) is 0 Å². The SMILES string of the molecule is Cc1ccc(O[C@@H](C)c2nc3cc(C)c(C)cc3[nH]2)cc1. The van der Waals surface area contributed by atoms with Crippen LogP contribution < -0.4 is 4.74 Å². The second kappa shape index (κ2) is 5.24. The predicted molar refractivity (Wildman–Crippen MR) is 85.8 cm³/mol. The van der Waals surface area contributed by atoms with Gasteiger partial charge in [0.15, 0.2) is 6.10 Å². The number of hydrogen-bond acceptors (Lipinski definition) is 2. The monoisotopic (exact) mass is 280 g/mol. The van der Waals surface area contributed by atoms with Crippen LogP contribution in [0.5, 0.6) is 5.75 Å². The van der Waals surface area contributed by atoms with Crippen LogP contribution in [0.3, 0.4) is 0 Å². The van der Waals surface area contributed by atoms with Gasteiger partial charge in [-0.15, -0.1) is 0 Å². The molecule has 0 radical (unpaired) electrons. The van der Waals surface area contributed by atoms with Gasteiger partial charge >= 0.3 is 0 Å². The summed E-state index contributed by atoms with van der Waals surface area (Å²) in [5.41, 5.74) is 5.81. The van der Waals surface area contributed by atoms with Gasteiger partial charge in [-0.25, -0.2) is 4.98 Å². The Balaban J connectivity index is 1.87. The minimum Gasteiger partial charge on any atom is -0.483 e. The fraction of sp³-hybridized carbons (Fsp3) is 0.278. The number of hydrogen-bond donors (Lipinski definition) is 1. The molecule has 0 aliphatic rings. The molecule has 21 heavy (non-hydrogen) atoms. The number of aromatic amines is 1. The van der Waals surface area contributed by atoms with E-state index < -0.39 is 0 Å². The number of fused-ring (bicyclic) bond motifs is 1. The third kappa shape index (κ3) is 2.77. The number of nitrogens with zero attached hydrogens (tertiary/aromatic N) is 1. The van der Waals surface area contributed by atoms with Crippen molar-refractivity contribution in [2.45, 2.75) is 33.8 Å². The molecule has 3 heteroatoms. The maximum atomic E-state index is 5.95. The van der Waals surface area contributed by atoms with Crippen molar-refractivity contribution in [3.05, 3.63) is 58.9 Å². The van der Waals surface area contributed by atoms with E-state index in [-0.39, 0.29) is 6.10 Å². The second-order valence-corrected chi connectivity index (χ2v) is 5.65. The summed E-state index contributed by atoms with van der Waals surface area (Å²) in [5, 5.41) is 0. The molecular formula is C18H20N2O. The highest BCUT2D eigenvalue weighted by molar-refractivity contribution is 5.77. The Hall–Kier alpha value is -2.29. The first-order chi connectivity index (χ1) is 10.0. The average Bonchev–Trinajstić information content (AvgIpc) is 2.85. The smallest absolute Gasteiger partial charge is 0.153 e. The van der Waals surface area contributed by atoms with Crippen molar-refractivity contribution in [3.8, 4) is 5.75 Å². The summed E-state index contributed by atoms with van der Waals surface area (Å²) in [7, 11) is 0. The summed E-state index contributed by atoms with van der Waals surface area (Å²) in [5.74, 6) is 1.72. The van der Waals surface area contributed by atoms with Gasteiger partial charge < -0.3 is 9.72 Å². The Labute approximate surface area is 125 Å². The normalized spacial score (nSPS) is 12.6. The zero-order valence-electron chi connectivity index (χ0n) is 12.9. The molecule has 3 nitrogen and oxygen atoms in total. The molecular weight excluding hydrogens is 260 g/mol. The molecule has 108 valence electrons. The minimum atomic E-state index is -0.110. The Morgan fingerprint density at radius 1 is 1.00 bits per heavy atom. The number of imidazole rings is 1. The van der Waals surface area contributed by atoms with Crippen LogP contribution in [0.15, 0.2) is 36.4 Å². The van der Waals surface area contributed by atoms with Gasteiger partial charge in [-0.1, -0.05) is 17.7 Å². The maximum Gasteiger partial charge on any atom is 0.153 e. The second-order valence-electron chi connectivity index (χ2n) is 5.65. The van der Waals surface area contributed by atoms with Gasteiger partial charge in [0.2, 0.25) is 0 Å². The van der Waals surface area contributed by atoms with E-state index in [9.17, 15) is 0 Å². The van der Waals surface area contributed by atoms with E-state index in [0.717, 1.165) is 22.6 Å². The van der Waals surface area contributed by atoms with E-state index in [0.29, 0.717) is 0 Å². The van der Waals surface area contributed by atoms with Crippen molar-refractivity contribution < 1.29 is 4.74 Å². The van der Waals surface area contributed by atoms with E-state index in [4.69, 9.17) is 4.74 Å². The van der Waals surface area contributed by atoms with Gasteiger partial charge in [0.25, 0.3) is 0 Å². The van der Waals surface area contributed by atoms with Gasteiger partial charge in [0, 0.05) is 0 Å². The minimum absolute atomic E-state index is 0.110. The summed E-state index contributed by atoms with van der Waals surface area (Å²) < 4.78 is 5.95. The lowest BCUT2D eigenvalue weighted by Crippen LogP contribution is -2.04. The first-order valence-electron chi connectivity index (χ1n) is 7.23. The molecule has 2 aromatic carbocycles. The molecule has 0 aliphatic carbocycles. The average molecular weight is 280 g/mol. The lowest BCUT2D eigenvalue weighted by molar-refractivity contribution is 0.218. The molecule has 0 spiro atoms. The Bertz CT molecular complexity index is 733. The molecule has 1 atom stereocenters. The molecule has 1 heterocycles. The maximum absolute atomic E-state index is 5.95. The highest BCUT2D eigenvalue weighted by Gasteiger charge is 2.13. The van der Waals surface area contributed by atoms with Gasteiger partial charge in [-0.3, -0.25) is 0 Å². The van der Waals surface area contributed by atoms with Crippen molar-refractivity contribution in [2.24, 2.45) is 0 Å². The summed E-state index contributed by atoms with van der Waals surface area (Å²) in [6.45, 7) is 8.30. The predicted octanol–water partition coefficient (Wildman–Crippen LogP) is 4.63. The molecule has 0 aliphatic heterocycles. The van der Waals surface area contributed by atoms with Crippen LogP contribution in [0, 0.1) is 20.8 Å². The molecule has 1 N–H and O–H groups in total. The van der Waals surface area contributed by atoms with Crippen molar-refractivity contribution in [1.82, 2.24) is 9.97 Å². The quantitative estimate of drug-likeness (QED) is 0.759. The van der Waals surface area contributed by atoms with Crippen molar-refractivity contribution in [2.75, 3.05) is 0 Å². The molecule has 1 aromatic heterocycles. The highest BCUT2D eigenvalue weighted by Crippen LogP contribution is 2.24. The number of ether oxygens (including phenoxy) is 1. The van der Waals surface area contributed by atoms with Crippen LogP contribution in [0.2, 0.25) is 0 Å². The first kappa shape index (κ1) is 13.7. The van der Waals surface area contributed by atoms with Crippen LogP contribution in [-0.4, -0.2) is 9.97 Å². The van der Waals surface area contributed by atoms with Crippen LogP contribution in [0.4, 0.5) is 0 Å². The largest absolute Gasteiger partial charge is 0.483 e. The lowest BCUT2D eigenvalue weighted by Gasteiger charge is -2.12. The highest BCUT2D eigenvalue weighted by atomic mass is 16.5. The number of H-pyrrole nitrogens is 1. The fourth-order valence-electron chi connectivity index (χ4n) is 2.36. The third-order valence-corrected chi connectivity index (χ3v) is 3.83. The molecule has 0 unspecified atom stereocenters.